The predicted octanol–water partition coefficient (Wildman–Crippen LogP) is 4.70. The molecule has 0 aliphatic heterocycles. The van der Waals surface area contributed by atoms with Crippen LogP contribution in [0.15, 0.2) is 48.5 Å². The van der Waals surface area contributed by atoms with Gasteiger partial charge in [0, 0.05) is 19.2 Å². The second kappa shape index (κ2) is 14.6. The maximum atomic E-state index is 14.0. The van der Waals surface area contributed by atoms with Gasteiger partial charge in [-0.15, -0.1) is 0 Å². The van der Waals surface area contributed by atoms with Crippen molar-refractivity contribution in [1.29, 1.82) is 0 Å². The monoisotopic (exact) mass is 599 g/mol. The Morgan fingerprint density at radius 3 is 1.95 bits per heavy atom. The van der Waals surface area contributed by atoms with Gasteiger partial charge in [0.2, 0.25) is 11.8 Å². The van der Waals surface area contributed by atoms with E-state index in [-0.39, 0.29) is 12.2 Å². The number of likely N-dealkylation sites (N-methyl/N-ethyl adjacent to an activating group) is 1. The topological polar surface area (TPSA) is 114 Å². The van der Waals surface area contributed by atoms with Gasteiger partial charge in [0.25, 0.3) is 0 Å². The number of rotatable bonds is 10. The van der Waals surface area contributed by atoms with Crippen molar-refractivity contribution in [2.75, 3.05) is 12.8 Å². The minimum absolute atomic E-state index is 0.0295. The number of nitrogens with zero attached hydrogens (tertiary/aromatic N) is 1. The molecule has 3 unspecified atom stereocenters. The summed E-state index contributed by atoms with van der Waals surface area (Å²) in [4.78, 5) is 54.7. The van der Waals surface area contributed by atoms with Crippen LogP contribution >= 0.6 is 12.6 Å². The zero-order chi connectivity index (χ0) is 31.8. The molecule has 0 spiro atoms. The van der Waals surface area contributed by atoms with Gasteiger partial charge in [-0.2, -0.15) is 12.6 Å². The molecule has 3 amide bonds. The number of carbonyl (C=O) groups excluding carboxylic acids is 4. The molecule has 0 saturated heterocycles. The molecule has 0 aliphatic carbocycles. The third kappa shape index (κ3) is 10.7. The van der Waals surface area contributed by atoms with Gasteiger partial charge in [0.15, 0.2) is 0 Å². The summed E-state index contributed by atoms with van der Waals surface area (Å²) < 4.78 is 10.9. The summed E-state index contributed by atoms with van der Waals surface area (Å²) in [6.45, 7) is 14.3. The van der Waals surface area contributed by atoms with Crippen molar-refractivity contribution in [3.8, 4) is 0 Å². The van der Waals surface area contributed by atoms with Crippen molar-refractivity contribution in [3.63, 3.8) is 0 Å². The first kappa shape index (κ1) is 34.7. The standard InChI is InChI=1S/C32H45N3O6S/c1-20-15-16-23(17-21(20)2)26(35(9)28(37)25(19-42)34-30(39)41-32(6,7)8)27(36)33-24(29(38)40-31(3,4)5)18-22-13-11-10-12-14-22/h10-17,24-26,42H,18-19H2,1-9H3,(H,33,36)(H,34,39). The number of thiol groups is 1. The van der Waals surface area contributed by atoms with Gasteiger partial charge in [-0.05, 0) is 77.6 Å². The molecule has 0 aliphatic rings. The molecule has 10 heteroatoms. The summed E-state index contributed by atoms with van der Waals surface area (Å²) in [5.74, 6) is -1.74. The van der Waals surface area contributed by atoms with Crippen LogP contribution in [0.4, 0.5) is 4.79 Å². The van der Waals surface area contributed by atoms with Gasteiger partial charge >= 0.3 is 12.1 Å². The summed E-state index contributed by atoms with van der Waals surface area (Å²) in [6, 6.07) is 11.6. The van der Waals surface area contributed by atoms with Gasteiger partial charge in [0.05, 0.1) is 0 Å². The molecule has 2 aromatic rings. The second-order valence-electron chi connectivity index (χ2n) is 12.4. The molecule has 9 nitrogen and oxygen atoms in total. The van der Waals surface area contributed by atoms with E-state index in [1.54, 1.807) is 47.6 Å². The Morgan fingerprint density at radius 1 is 0.833 bits per heavy atom. The Kier molecular flexibility index (Phi) is 12.0. The minimum Gasteiger partial charge on any atom is -0.458 e. The van der Waals surface area contributed by atoms with E-state index in [2.05, 4.69) is 23.3 Å². The van der Waals surface area contributed by atoms with Gasteiger partial charge in [-0.1, -0.05) is 48.5 Å². The highest BCUT2D eigenvalue weighted by atomic mass is 32.1. The average Bonchev–Trinajstić information content (AvgIpc) is 2.87. The lowest BCUT2D eigenvalue weighted by atomic mass is 9.98. The smallest absolute Gasteiger partial charge is 0.408 e. The Hall–Kier alpha value is -3.53. The van der Waals surface area contributed by atoms with Crippen LogP contribution in [0.2, 0.25) is 0 Å². The summed E-state index contributed by atoms with van der Waals surface area (Å²) in [6.07, 6.45) is -0.582. The maximum absolute atomic E-state index is 14.0. The number of ether oxygens (including phenoxy) is 2. The fourth-order valence-electron chi connectivity index (χ4n) is 4.16. The summed E-state index contributed by atoms with van der Waals surface area (Å²) >= 11 is 4.27. The van der Waals surface area contributed by atoms with Crippen molar-refractivity contribution in [2.45, 2.75) is 91.1 Å². The predicted molar refractivity (Wildman–Crippen MR) is 166 cm³/mol. The van der Waals surface area contributed by atoms with E-state index in [1.165, 1.54) is 11.9 Å². The number of hydrogen-bond acceptors (Lipinski definition) is 7. The van der Waals surface area contributed by atoms with Crippen molar-refractivity contribution < 1.29 is 28.7 Å². The molecule has 2 aromatic carbocycles. The molecule has 0 aromatic heterocycles. The van der Waals surface area contributed by atoms with Crippen molar-refractivity contribution >= 4 is 36.5 Å². The Balaban J connectivity index is 2.45. The normalized spacial score (nSPS) is 13.8. The van der Waals surface area contributed by atoms with Gasteiger partial charge in [-0.3, -0.25) is 9.59 Å². The highest BCUT2D eigenvalue weighted by Crippen LogP contribution is 2.24. The largest absolute Gasteiger partial charge is 0.458 e. The van der Waals surface area contributed by atoms with Gasteiger partial charge in [0.1, 0.15) is 29.3 Å². The average molecular weight is 600 g/mol. The highest BCUT2D eigenvalue weighted by Gasteiger charge is 2.36. The Morgan fingerprint density at radius 2 is 1.43 bits per heavy atom. The van der Waals surface area contributed by atoms with Gasteiger partial charge < -0.3 is 25.0 Å². The fraction of sp³-hybridized carbons (Fsp3) is 0.500. The van der Waals surface area contributed by atoms with Crippen LogP contribution in [0.5, 0.6) is 0 Å². The van der Waals surface area contributed by atoms with Crippen LogP contribution in [0.1, 0.15) is 69.8 Å². The van der Waals surface area contributed by atoms with E-state index < -0.39 is 53.2 Å². The molecular weight excluding hydrogens is 554 g/mol. The van der Waals surface area contributed by atoms with Crippen LogP contribution < -0.4 is 10.6 Å². The number of benzene rings is 2. The molecule has 2 rings (SSSR count). The Bertz CT molecular complexity index is 1250. The van der Waals surface area contributed by atoms with Crippen LogP contribution in [0.25, 0.3) is 0 Å². The summed E-state index contributed by atoms with van der Waals surface area (Å²) in [5.41, 5.74) is 1.78. The Labute approximate surface area is 255 Å². The summed E-state index contributed by atoms with van der Waals surface area (Å²) in [7, 11) is 1.48. The number of alkyl carbamates (subject to hydrolysis) is 1. The van der Waals surface area contributed by atoms with E-state index in [0.717, 1.165) is 16.7 Å². The molecule has 0 radical (unpaired) electrons. The third-order valence-corrected chi connectivity index (χ3v) is 6.66. The number of carbonyl (C=O) groups is 4. The first-order valence-electron chi connectivity index (χ1n) is 13.9. The number of hydrogen-bond donors (Lipinski definition) is 3. The lowest BCUT2D eigenvalue weighted by Crippen LogP contribution is -2.54. The SMILES string of the molecule is Cc1ccc(C(C(=O)NC(Cc2ccccc2)C(=O)OC(C)(C)C)N(C)C(=O)C(CS)NC(=O)OC(C)(C)C)cc1C. The zero-order valence-corrected chi connectivity index (χ0v) is 27.0. The molecule has 0 saturated carbocycles. The molecule has 3 atom stereocenters. The van der Waals surface area contributed by atoms with E-state index in [1.807, 2.05) is 56.3 Å². The molecular formula is C32H45N3O6S. The number of amides is 3. The molecule has 230 valence electrons. The molecule has 0 heterocycles. The summed E-state index contributed by atoms with van der Waals surface area (Å²) in [5, 5.41) is 5.40. The molecule has 42 heavy (non-hydrogen) atoms. The molecule has 0 fully saturated rings. The molecule has 2 N–H and O–H groups in total. The lowest BCUT2D eigenvalue weighted by Gasteiger charge is -2.32. The van der Waals surface area contributed by atoms with E-state index >= 15 is 0 Å². The van der Waals surface area contributed by atoms with E-state index in [0.29, 0.717) is 5.56 Å². The number of aryl methyl sites for hydroxylation is 2. The van der Waals surface area contributed by atoms with Crippen LogP contribution in [-0.2, 0) is 30.3 Å². The van der Waals surface area contributed by atoms with Crippen LogP contribution in [0.3, 0.4) is 0 Å². The van der Waals surface area contributed by atoms with Crippen LogP contribution in [-0.4, -0.2) is 64.9 Å². The fourth-order valence-corrected chi connectivity index (χ4v) is 4.41. The quantitative estimate of drug-likeness (QED) is 0.270. The highest BCUT2D eigenvalue weighted by molar-refractivity contribution is 7.80. The second-order valence-corrected chi connectivity index (χ2v) is 12.7. The number of nitrogens with one attached hydrogen (secondary N) is 2. The van der Waals surface area contributed by atoms with Crippen LogP contribution in [0, 0.1) is 13.8 Å². The van der Waals surface area contributed by atoms with Crippen molar-refractivity contribution in [1.82, 2.24) is 15.5 Å². The van der Waals surface area contributed by atoms with E-state index in [9.17, 15) is 19.2 Å². The van der Waals surface area contributed by atoms with Gasteiger partial charge in [-0.25, -0.2) is 9.59 Å². The first-order valence-corrected chi connectivity index (χ1v) is 14.6. The van der Waals surface area contributed by atoms with Crippen molar-refractivity contribution in [3.05, 3.63) is 70.8 Å². The molecule has 0 bridgehead atoms. The maximum Gasteiger partial charge on any atom is 0.408 e. The number of esters is 1. The zero-order valence-electron chi connectivity index (χ0n) is 26.1. The minimum atomic E-state index is -1.12. The van der Waals surface area contributed by atoms with E-state index in [4.69, 9.17) is 9.47 Å². The lowest BCUT2D eigenvalue weighted by molar-refractivity contribution is -0.159. The first-order chi connectivity index (χ1) is 19.4. The van der Waals surface area contributed by atoms with Crippen molar-refractivity contribution in [2.24, 2.45) is 0 Å². The third-order valence-electron chi connectivity index (χ3n) is 6.29.